The molecule has 2 heterocycles. The number of hydrogen-bond donors (Lipinski definition) is 1. The molecule has 1 aliphatic heterocycles. The lowest BCUT2D eigenvalue weighted by molar-refractivity contribution is -0.122. The van der Waals surface area contributed by atoms with Crippen LogP contribution in [0.25, 0.3) is 16.9 Å². The molecule has 1 aliphatic rings. The summed E-state index contributed by atoms with van der Waals surface area (Å²) in [7, 11) is 1.59. The summed E-state index contributed by atoms with van der Waals surface area (Å²) < 4.78 is 36.1. The number of nitrogens with zero attached hydrogens (tertiary/aromatic N) is 3. The number of carbonyl (C=O) groups is 2. The van der Waals surface area contributed by atoms with Crippen molar-refractivity contribution >= 4 is 29.4 Å². The molecule has 3 aromatic carbocycles. The van der Waals surface area contributed by atoms with Crippen molar-refractivity contribution < 1.29 is 23.1 Å². The van der Waals surface area contributed by atoms with Crippen LogP contribution in [0.2, 0.25) is 0 Å². The van der Waals surface area contributed by atoms with Crippen LogP contribution in [-0.4, -0.2) is 54.2 Å². The van der Waals surface area contributed by atoms with Crippen LogP contribution in [0.4, 0.5) is 14.6 Å². The molecule has 42 heavy (non-hydrogen) atoms. The van der Waals surface area contributed by atoms with Gasteiger partial charge in [-0.2, -0.15) is 5.10 Å². The zero-order valence-electron chi connectivity index (χ0n) is 23.7. The summed E-state index contributed by atoms with van der Waals surface area (Å²) in [6.07, 6.45) is 0.627. The average molecular weight is 591 g/mol. The van der Waals surface area contributed by atoms with Crippen LogP contribution < -0.4 is 10.2 Å². The van der Waals surface area contributed by atoms with Gasteiger partial charge in [-0.05, 0) is 43.5 Å². The van der Waals surface area contributed by atoms with E-state index in [4.69, 9.17) is 9.84 Å². The third kappa shape index (κ3) is 5.96. The molecule has 1 atom stereocenters. The normalized spacial score (nSPS) is 14.9. The lowest BCUT2D eigenvalue weighted by atomic mass is 9.99. The van der Waals surface area contributed by atoms with E-state index in [9.17, 15) is 14.0 Å². The van der Waals surface area contributed by atoms with Crippen LogP contribution in [0.1, 0.15) is 33.9 Å². The van der Waals surface area contributed by atoms with Gasteiger partial charge in [0.05, 0.1) is 22.4 Å². The summed E-state index contributed by atoms with van der Waals surface area (Å²) in [5.74, 6) is -1.69. The number of ether oxygens (including phenoxy) is 1. The van der Waals surface area contributed by atoms with E-state index < -0.39 is 16.9 Å². The Morgan fingerprint density at radius 3 is 2.62 bits per heavy atom. The van der Waals surface area contributed by atoms with E-state index >= 15 is 4.39 Å². The molecule has 0 saturated heterocycles. The highest BCUT2D eigenvalue weighted by Crippen LogP contribution is 2.49. The SMILES string of the molecule is COCCCNC(=O)CN1C(=O)CS[C@H](c2ccc(F)cc2F)c2c(-c3ccccc3)nn(-c3cccc(C)c3C)c21. The van der Waals surface area contributed by atoms with Crippen LogP contribution in [0.15, 0.2) is 66.7 Å². The lowest BCUT2D eigenvalue weighted by Gasteiger charge is -2.24. The zero-order valence-corrected chi connectivity index (χ0v) is 24.5. The van der Waals surface area contributed by atoms with Gasteiger partial charge in [-0.1, -0.05) is 48.5 Å². The molecule has 0 spiro atoms. The fraction of sp³-hybridized carbons (Fsp3) is 0.281. The topological polar surface area (TPSA) is 76.5 Å². The van der Waals surface area contributed by atoms with Crippen molar-refractivity contribution in [2.45, 2.75) is 25.5 Å². The van der Waals surface area contributed by atoms with E-state index in [1.54, 1.807) is 11.8 Å². The fourth-order valence-electron chi connectivity index (χ4n) is 5.06. The smallest absolute Gasteiger partial charge is 0.240 e. The lowest BCUT2D eigenvalue weighted by Crippen LogP contribution is -2.42. The number of carbonyl (C=O) groups excluding carboxylic acids is 2. The summed E-state index contributed by atoms with van der Waals surface area (Å²) >= 11 is 1.23. The number of thioether (sulfide) groups is 1. The van der Waals surface area contributed by atoms with Gasteiger partial charge in [-0.25, -0.2) is 13.5 Å². The molecule has 10 heteroatoms. The summed E-state index contributed by atoms with van der Waals surface area (Å²) in [5, 5.41) is 7.20. The molecule has 0 bridgehead atoms. The highest BCUT2D eigenvalue weighted by molar-refractivity contribution is 8.00. The van der Waals surface area contributed by atoms with E-state index in [0.717, 1.165) is 28.4 Å². The van der Waals surface area contributed by atoms with Crippen LogP contribution in [0.5, 0.6) is 0 Å². The Hall–Kier alpha value is -4.02. The van der Waals surface area contributed by atoms with Gasteiger partial charge in [-0.3, -0.25) is 14.5 Å². The number of fused-ring (bicyclic) bond motifs is 1. The number of amides is 2. The van der Waals surface area contributed by atoms with Crippen molar-refractivity contribution in [3.8, 4) is 16.9 Å². The summed E-state index contributed by atoms with van der Waals surface area (Å²) in [6, 6.07) is 18.7. The molecule has 0 aliphatic carbocycles. The van der Waals surface area contributed by atoms with Crippen LogP contribution in [-0.2, 0) is 14.3 Å². The van der Waals surface area contributed by atoms with Gasteiger partial charge in [0.1, 0.15) is 24.0 Å². The van der Waals surface area contributed by atoms with Crippen LogP contribution in [0, 0.1) is 25.5 Å². The third-order valence-electron chi connectivity index (χ3n) is 7.33. The molecule has 5 rings (SSSR count). The summed E-state index contributed by atoms with van der Waals surface area (Å²) in [5.41, 5.74) is 4.83. The minimum Gasteiger partial charge on any atom is -0.385 e. The maximum Gasteiger partial charge on any atom is 0.240 e. The molecular weight excluding hydrogens is 558 g/mol. The van der Waals surface area contributed by atoms with Crippen molar-refractivity contribution in [1.29, 1.82) is 0 Å². The highest BCUT2D eigenvalue weighted by Gasteiger charge is 2.38. The first-order valence-corrected chi connectivity index (χ1v) is 14.7. The standard InChI is InChI=1S/C32H32F2N4O3S/c1-20-9-7-12-26(21(20)2)38-32-29(30(36-38)22-10-5-4-6-11-22)31(24-14-13-23(33)17-25(24)34)42-19-28(40)37(32)18-27(39)35-15-8-16-41-3/h4-7,9-14,17,31H,8,15-16,18-19H2,1-3H3,(H,35,39)/t31-/m1/s1. The largest absolute Gasteiger partial charge is 0.385 e. The Balaban J connectivity index is 1.76. The second kappa shape index (κ2) is 12.9. The maximum atomic E-state index is 15.4. The molecule has 7 nitrogen and oxygen atoms in total. The Morgan fingerprint density at radius 1 is 1.10 bits per heavy atom. The van der Waals surface area contributed by atoms with Gasteiger partial charge in [-0.15, -0.1) is 11.8 Å². The number of halogens is 2. The predicted octanol–water partition coefficient (Wildman–Crippen LogP) is 5.76. The number of aryl methyl sites for hydroxylation is 1. The molecule has 218 valence electrons. The Labute approximate surface area is 247 Å². The van der Waals surface area contributed by atoms with Gasteiger partial charge in [0, 0.05) is 43.0 Å². The molecule has 2 amide bonds. The maximum absolute atomic E-state index is 15.4. The summed E-state index contributed by atoms with van der Waals surface area (Å²) in [6.45, 7) is 4.60. The second-order valence-electron chi connectivity index (χ2n) is 10.1. The van der Waals surface area contributed by atoms with Crippen LogP contribution >= 0.6 is 11.8 Å². The zero-order chi connectivity index (χ0) is 29.8. The van der Waals surface area contributed by atoms with Gasteiger partial charge < -0.3 is 10.1 Å². The molecule has 0 unspecified atom stereocenters. The van der Waals surface area contributed by atoms with Crippen molar-refractivity contribution in [2.24, 2.45) is 0 Å². The van der Waals surface area contributed by atoms with Gasteiger partial charge in [0.25, 0.3) is 0 Å². The molecule has 0 radical (unpaired) electrons. The van der Waals surface area contributed by atoms with Gasteiger partial charge in [0.2, 0.25) is 11.8 Å². The second-order valence-corrected chi connectivity index (χ2v) is 11.2. The third-order valence-corrected chi connectivity index (χ3v) is 8.57. The molecule has 0 saturated carbocycles. The number of anilines is 1. The van der Waals surface area contributed by atoms with Crippen molar-refractivity contribution in [1.82, 2.24) is 15.1 Å². The van der Waals surface area contributed by atoms with Gasteiger partial charge >= 0.3 is 0 Å². The summed E-state index contributed by atoms with van der Waals surface area (Å²) in [4.78, 5) is 28.4. The van der Waals surface area contributed by atoms with E-state index in [2.05, 4.69) is 5.32 Å². The quantitative estimate of drug-likeness (QED) is 0.251. The van der Waals surface area contributed by atoms with Crippen molar-refractivity contribution in [3.05, 3.63) is 101 Å². The average Bonchev–Trinajstić information content (AvgIpc) is 3.30. The van der Waals surface area contributed by atoms with Crippen molar-refractivity contribution in [2.75, 3.05) is 37.5 Å². The first kappa shape index (κ1) is 29.5. The Bertz CT molecular complexity index is 1610. The molecule has 0 fully saturated rings. The number of rotatable bonds is 9. The number of benzene rings is 3. The van der Waals surface area contributed by atoms with E-state index in [-0.39, 0.29) is 29.7 Å². The fourth-order valence-corrected chi connectivity index (χ4v) is 6.28. The molecule has 4 aromatic rings. The van der Waals surface area contributed by atoms with E-state index in [1.807, 2.05) is 62.4 Å². The number of nitrogens with one attached hydrogen (secondary N) is 1. The van der Waals surface area contributed by atoms with Crippen LogP contribution in [0.3, 0.4) is 0 Å². The van der Waals surface area contributed by atoms with E-state index in [0.29, 0.717) is 36.6 Å². The molecule has 1 N–H and O–H groups in total. The number of aromatic nitrogens is 2. The molecule has 1 aromatic heterocycles. The monoisotopic (exact) mass is 590 g/mol. The first-order chi connectivity index (χ1) is 20.3. The van der Waals surface area contributed by atoms with Crippen molar-refractivity contribution in [3.63, 3.8) is 0 Å². The Kier molecular flexibility index (Phi) is 9.03. The highest BCUT2D eigenvalue weighted by atomic mass is 32.2. The molecular formula is C32H32F2N4O3S. The van der Waals surface area contributed by atoms with Gasteiger partial charge in [0.15, 0.2) is 0 Å². The predicted molar refractivity (Wildman–Crippen MR) is 161 cm³/mol. The van der Waals surface area contributed by atoms with E-state index in [1.165, 1.54) is 28.8 Å². The minimum absolute atomic E-state index is 0.0197. The first-order valence-electron chi connectivity index (χ1n) is 13.7. The minimum atomic E-state index is -0.714. The number of methoxy groups -OCH3 is 1. The number of hydrogen-bond acceptors (Lipinski definition) is 5. The Morgan fingerprint density at radius 2 is 1.88 bits per heavy atom.